The number of carbonyl (C=O) groups excluding carboxylic acids is 1. The molecule has 0 radical (unpaired) electrons. The second-order valence-corrected chi connectivity index (χ2v) is 9.10. The monoisotopic (exact) mass is 515 g/mol. The number of nitrogens with one attached hydrogen (secondary N) is 1. The smallest absolute Gasteiger partial charge is 0.259 e. The van der Waals surface area contributed by atoms with Gasteiger partial charge >= 0.3 is 0 Å². The van der Waals surface area contributed by atoms with Crippen LogP contribution in [0.1, 0.15) is 28.9 Å². The Morgan fingerprint density at radius 1 is 0.974 bits per heavy atom. The zero-order valence-corrected chi connectivity index (χ0v) is 21.4. The number of benzene rings is 2. The summed E-state index contributed by atoms with van der Waals surface area (Å²) in [5.74, 6) is 0.295. The summed E-state index contributed by atoms with van der Waals surface area (Å²) in [5.41, 5.74) is 12.1. The highest BCUT2D eigenvalue weighted by Crippen LogP contribution is 2.35. The number of fused-ring (bicyclic) bond motifs is 2. The third-order valence-electron chi connectivity index (χ3n) is 6.64. The van der Waals surface area contributed by atoms with E-state index in [1.807, 2.05) is 67.6 Å². The van der Waals surface area contributed by atoms with Crippen LogP contribution in [-0.4, -0.2) is 37.6 Å². The van der Waals surface area contributed by atoms with Crippen molar-refractivity contribution < 1.29 is 9.53 Å². The summed E-state index contributed by atoms with van der Waals surface area (Å²) >= 11 is 0. The number of para-hydroxylation sites is 1. The van der Waals surface area contributed by atoms with Crippen LogP contribution in [-0.2, 0) is 0 Å². The molecule has 0 aliphatic rings. The number of ether oxygens (including phenoxy) is 1. The maximum atomic E-state index is 13.4. The highest BCUT2D eigenvalue weighted by molar-refractivity contribution is 6.04. The predicted molar refractivity (Wildman–Crippen MR) is 150 cm³/mol. The Balaban J connectivity index is 1.46. The van der Waals surface area contributed by atoms with Gasteiger partial charge in [-0.2, -0.15) is 0 Å². The van der Waals surface area contributed by atoms with Gasteiger partial charge in [0.15, 0.2) is 11.5 Å². The van der Waals surface area contributed by atoms with Gasteiger partial charge in [0.05, 0.1) is 24.4 Å². The molecule has 0 saturated heterocycles. The number of nitrogens with zero attached hydrogens (tertiary/aromatic N) is 5. The van der Waals surface area contributed by atoms with Crippen LogP contribution < -0.4 is 15.8 Å². The van der Waals surface area contributed by atoms with Crippen molar-refractivity contribution in [2.75, 3.05) is 12.8 Å². The fraction of sp³-hybridized carbons (Fsp3) is 0.100. The van der Waals surface area contributed by atoms with E-state index < -0.39 is 6.04 Å². The average Bonchev–Trinajstić information content (AvgIpc) is 3.32. The third-order valence-corrected chi connectivity index (χ3v) is 6.64. The molecule has 9 heteroatoms. The molecule has 192 valence electrons. The van der Waals surface area contributed by atoms with Crippen LogP contribution >= 0.6 is 0 Å². The van der Waals surface area contributed by atoms with E-state index in [1.54, 1.807) is 31.8 Å². The number of carbonyl (C=O) groups is 1. The molecule has 6 aromatic rings. The second kappa shape index (κ2) is 9.86. The largest absolute Gasteiger partial charge is 0.481 e. The second-order valence-electron chi connectivity index (χ2n) is 9.10. The van der Waals surface area contributed by atoms with Gasteiger partial charge in [-0.25, -0.2) is 19.5 Å². The van der Waals surface area contributed by atoms with Gasteiger partial charge in [-0.05, 0) is 30.7 Å². The van der Waals surface area contributed by atoms with Crippen molar-refractivity contribution in [1.82, 2.24) is 29.9 Å². The summed E-state index contributed by atoms with van der Waals surface area (Å²) < 4.78 is 6.84. The Bertz CT molecular complexity index is 1830. The number of nitrogen functional groups attached to an aromatic ring is 1. The van der Waals surface area contributed by atoms with Gasteiger partial charge in [0.25, 0.3) is 5.91 Å². The molecule has 4 heterocycles. The molecule has 9 nitrogen and oxygen atoms in total. The van der Waals surface area contributed by atoms with Gasteiger partial charge in [-0.1, -0.05) is 48.5 Å². The summed E-state index contributed by atoms with van der Waals surface area (Å²) in [6.45, 7) is 1.93. The van der Waals surface area contributed by atoms with Crippen molar-refractivity contribution in [3.8, 4) is 28.3 Å². The molecule has 2 aromatic carbocycles. The molecule has 0 aliphatic carbocycles. The number of nitrogens with two attached hydrogens (primary N) is 1. The standard InChI is InChI=1S/C30H25N7O2/c1-18(34-30(38)25-28(31)36-37-15-7-13-33-29(25)37)23-16-21-10-6-11-22(20-12-14-32-24(17-20)39-2)27(21)35-26(23)19-8-4-3-5-9-19/h3-18H,1-2H3,(H2,31,36)(H,34,38)/t18-/m1/s1. The number of aromatic nitrogens is 5. The van der Waals surface area contributed by atoms with Crippen molar-refractivity contribution in [3.05, 3.63) is 103 Å². The van der Waals surface area contributed by atoms with Crippen LogP contribution in [0.3, 0.4) is 0 Å². The first-order valence-corrected chi connectivity index (χ1v) is 12.4. The van der Waals surface area contributed by atoms with Crippen LogP contribution in [0.25, 0.3) is 38.9 Å². The summed E-state index contributed by atoms with van der Waals surface area (Å²) in [6, 6.07) is 23.2. The van der Waals surface area contributed by atoms with Crippen molar-refractivity contribution in [1.29, 1.82) is 0 Å². The highest BCUT2D eigenvalue weighted by Gasteiger charge is 2.23. The topological polar surface area (TPSA) is 120 Å². The van der Waals surface area contributed by atoms with E-state index in [-0.39, 0.29) is 17.3 Å². The van der Waals surface area contributed by atoms with Crippen LogP contribution in [0.15, 0.2) is 91.4 Å². The number of hydrogen-bond acceptors (Lipinski definition) is 7. The predicted octanol–water partition coefficient (Wildman–Crippen LogP) is 5.09. The summed E-state index contributed by atoms with van der Waals surface area (Å²) in [6.07, 6.45) is 5.03. The van der Waals surface area contributed by atoms with E-state index in [0.29, 0.717) is 11.5 Å². The Labute approximate surface area is 224 Å². The Kier molecular flexibility index (Phi) is 6.08. The minimum absolute atomic E-state index is 0.121. The van der Waals surface area contributed by atoms with E-state index in [1.165, 1.54) is 4.52 Å². The van der Waals surface area contributed by atoms with Crippen molar-refractivity contribution in [2.45, 2.75) is 13.0 Å². The van der Waals surface area contributed by atoms with Gasteiger partial charge in [0.2, 0.25) is 5.88 Å². The normalized spacial score (nSPS) is 11.9. The van der Waals surface area contributed by atoms with Gasteiger partial charge in [-0.15, -0.1) is 5.10 Å². The lowest BCUT2D eigenvalue weighted by molar-refractivity contribution is 0.0942. The zero-order valence-electron chi connectivity index (χ0n) is 21.4. The minimum Gasteiger partial charge on any atom is -0.481 e. The van der Waals surface area contributed by atoms with Gasteiger partial charge in [0.1, 0.15) is 5.56 Å². The van der Waals surface area contributed by atoms with Gasteiger partial charge in [-0.3, -0.25) is 4.79 Å². The number of methoxy groups -OCH3 is 1. The van der Waals surface area contributed by atoms with Crippen molar-refractivity contribution in [2.24, 2.45) is 0 Å². The molecule has 4 aromatic heterocycles. The molecule has 0 aliphatic heterocycles. The molecule has 0 fully saturated rings. The maximum Gasteiger partial charge on any atom is 0.259 e. The Morgan fingerprint density at radius 3 is 2.64 bits per heavy atom. The molecular formula is C30H25N7O2. The SMILES string of the molecule is COc1cc(-c2cccc3cc([C@@H](C)NC(=O)c4c(N)nn5cccnc45)c(-c4ccccc4)nc23)ccn1. The Morgan fingerprint density at radius 2 is 1.82 bits per heavy atom. The third kappa shape index (κ3) is 4.40. The fourth-order valence-corrected chi connectivity index (χ4v) is 4.76. The fourth-order valence-electron chi connectivity index (χ4n) is 4.76. The first-order valence-electron chi connectivity index (χ1n) is 12.4. The molecule has 0 spiro atoms. The van der Waals surface area contributed by atoms with Gasteiger partial charge in [0, 0.05) is 46.7 Å². The lowest BCUT2D eigenvalue weighted by atomic mass is 9.96. The molecule has 39 heavy (non-hydrogen) atoms. The van der Waals surface area contributed by atoms with E-state index in [9.17, 15) is 4.79 Å². The minimum atomic E-state index is -0.396. The van der Waals surface area contributed by atoms with Crippen LogP contribution in [0.2, 0.25) is 0 Å². The molecule has 0 saturated carbocycles. The van der Waals surface area contributed by atoms with Crippen LogP contribution in [0.4, 0.5) is 5.82 Å². The molecule has 1 amide bonds. The number of pyridine rings is 2. The zero-order chi connectivity index (χ0) is 26.9. The molecule has 6 rings (SSSR count). The average molecular weight is 516 g/mol. The molecule has 3 N–H and O–H groups in total. The van der Waals surface area contributed by atoms with Crippen molar-refractivity contribution in [3.63, 3.8) is 0 Å². The maximum absolute atomic E-state index is 13.4. The van der Waals surface area contributed by atoms with Crippen LogP contribution in [0.5, 0.6) is 5.88 Å². The number of amides is 1. The molecule has 0 bridgehead atoms. The lowest BCUT2D eigenvalue weighted by Crippen LogP contribution is -2.28. The summed E-state index contributed by atoms with van der Waals surface area (Å²) in [7, 11) is 1.60. The number of rotatable bonds is 6. The van der Waals surface area contributed by atoms with Crippen molar-refractivity contribution >= 4 is 28.3 Å². The molecule has 0 unspecified atom stereocenters. The van der Waals surface area contributed by atoms with E-state index in [4.69, 9.17) is 15.5 Å². The van der Waals surface area contributed by atoms with E-state index in [2.05, 4.69) is 26.4 Å². The summed E-state index contributed by atoms with van der Waals surface area (Å²) in [4.78, 5) is 27.1. The highest BCUT2D eigenvalue weighted by atomic mass is 16.5. The Hall–Kier alpha value is -5.31. The summed E-state index contributed by atoms with van der Waals surface area (Å²) in [5, 5.41) is 8.25. The quantitative estimate of drug-likeness (QED) is 0.317. The first kappa shape index (κ1) is 24.1. The van der Waals surface area contributed by atoms with Crippen LogP contribution in [0, 0.1) is 0 Å². The first-order chi connectivity index (χ1) is 19.0. The number of anilines is 1. The molecular weight excluding hydrogens is 490 g/mol. The van der Waals surface area contributed by atoms with E-state index >= 15 is 0 Å². The lowest BCUT2D eigenvalue weighted by Gasteiger charge is -2.19. The van der Waals surface area contributed by atoms with E-state index in [0.717, 1.165) is 38.9 Å². The molecule has 1 atom stereocenters. The number of hydrogen-bond donors (Lipinski definition) is 2. The van der Waals surface area contributed by atoms with Gasteiger partial charge < -0.3 is 15.8 Å².